The first-order valence-corrected chi connectivity index (χ1v) is 10.8. The van der Waals surface area contributed by atoms with Crippen molar-refractivity contribution in [1.82, 2.24) is 5.43 Å². The highest BCUT2D eigenvalue weighted by atomic mass is 79.9. The molecule has 156 valence electrons. The Bertz CT molecular complexity index is 1180. The molecule has 4 rings (SSSR count). The van der Waals surface area contributed by atoms with Gasteiger partial charge in [0.15, 0.2) is 0 Å². The molecule has 0 unspecified atom stereocenters. The molecule has 3 aromatic rings. The van der Waals surface area contributed by atoms with Crippen LogP contribution in [0.15, 0.2) is 81.2 Å². The van der Waals surface area contributed by atoms with Crippen LogP contribution in [0, 0.1) is 5.82 Å². The third-order valence-corrected chi connectivity index (χ3v) is 5.69. The van der Waals surface area contributed by atoms with E-state index in [1.165, 1.54) is 23.2 Å². The lowest BCUT2D eigenvalue weighted by Crippen LogP contribution is -2.35. The van der Waals surface area contributed by atoms with Crippen molar-refractivity contribution in [3.63, 3.8) is 0 Å². The van der Waals surface area contributed by atoms with E-state index in [1.54, 1.807) is 48.5 Å². The fourth-order valence-electron chi connectivity index (χ4n) is 3.07. The average Bonchev–Trinajstić information content (AvgIpc) is 3.02. The molecule has 0 atom stereocenters. The van der Waals surface area contributed by atoms with E-state index < -0.39 is 11.8 Å². The molecule has 1 fully saturated rings. The van der Waals surface area contributed by atoms with Crippen LogP contribution in [0.1, 0.15) is 11.1 Å². The SMILES string of the molecule is O=C1NN(c2ccccc2)C(=O)/C1=C\c1cc(Br)c(OCc2cccc(F)c2)c(Br)c1. The molecule has 1 saturated heterocycles. The molecule has 5 nitrogen and oxygen atoms in total. The molecule has 2 amide bonds. The van der Waals surface area contributed by atoms with Gasteiger partial charge in [-0.05, 0) is 85.5 Å². The molecule has 0 aliphatic carbocycles. The number of hydrogen-bond acceptors (Lipinski definition) is 3. The van der Waals surface area contributed by atoms with E-state index >= 15 is 0 Å². The van der Waals surface area contributed by atoms with E-state index in [-0.39, 0.29) is 18.0 Å². The van der Waals surface area contributed by atoms with Crippen molar-refractivity contribution >= 4 is 55.4 Å². The van der Waals surface area contributed by atoms with Crippen LogP contribution in [-0.4, -0.2) is 11.8 Å². The van der Waals surface area contributed by atoms with Crippen LogP contribution in [0.5, 0.6) is 5.75 Å². The molecule has 31 heavy (non-hydrogen) atoms. The Morgan fingerprint density at radius 1 is 0.968 bits per heavy atom. The van der Waals surface area contributed by atoms with Crippen molar-refractivity contribution in [3.8, 4) is 5.75 Å². The molecule has 0 radical (unpaired) electrons. The second kappa shape index (κ2) is 9.03. The molecule has 1 N–H and O–H groups in total. The Kier molecular flexibility index (Phi) is 6.20. The van der Waals surface area contributed by atoms with E-state index in [1.807, 2.05) is 6.07 Å². The minimum Gasteiger partial charge on any atom is -0.487 e. The van der Waals surface area contributed by atoms with Gasteiger partial charge in [0.05, 0.1) is 14.6 Å². The molecule has 3 aromatic carbocycles. The van der Waals surface area contributed by atoms with Gasteiger partial charge in [0.2, 0.25) is 0 Å². The van der Waals surface area contributed by atoms with Crippen LogP contribution < -0.4 is 15.2 Å². The normalized spacial score (nSPS) is 14.8. The number of hydrazine groups is 1. The number of rotatable bonds is 5. The summed E-state index contributed by atoms with van der Waals surface area (Å²) < 4.78 is 20.4. The van der Waals surface area contributed by atoms with E-state index in [2.05, 4.69) is 37.3 Å². The molecule has 0 aromatic heterocycles. The third-order valence-electron chi connectivity index (χ3n) is 4.51. The van der Waals surface area contributed by atoms with Crippen LogP contribution >= 0.6 is 31.9 Å². The first-order valence-electron chi connectivity index (χ1n) is 9.21. The van der Waals surface area contributed by atoms with Gasteiger partial charge in [-0.1, -0.05) is 30.3 Å². The Hall–Kier alpha value is -2.97. The zero-order valence-corrected chi connectivity index (χ0v) is 19.1. The van der Waals surface area contributed by atoms with Gasteiger partial charge in [-0.2, -0.15) is 0 Å². The summed E-state index contributed by atoms with van der Waals surface area (Å²) in [5.74, 6) is -0.716. The van der Waals surface area contributed by atoms with Crippen molar-refractivity contribution in [2.45, 2.75) is 6.61 Å². The Labute approximate surface area is 194 Å². The maximum atomic E-state index is 13.4. The van der Waals surface area contributed by atoms with E-state index in [4.69, 9.17) is 4.74 Å². The first-order chi connectivity index (χ1) is 14.9. The molecule has 0 spiro atoms. The summed E-state index contributed by atoms with van der Waals surface area (Å²) in [6.45, 7) is 0.183. The van der Waals surface area contributed by atoms with E-state index in [0.29, 0.717) is 31.5 Å². The third kappa shape index (κ3) is 4.70. The maximum absolute atomic E-state index is 13.4. The lowest BCUT2D eigenvalue weighted by Gasteiger charge is -2.14. The quantitative estimate of drug-likeness (QED) is 0.345. The number of para-hydroxylation sites is 1. The summed E-state index contributed by atoms with van der Waals surface area (Å²) in [6.07, 6.45) is 1.52. The standard InChI is InChI=1S/C23H15Br2FN2O3/c24-19-11-15(12-20(25)21(19)31-13-14-5-4-6-16(26)9-14)10-18-22(29)27-28(23(18)30)17-7-2-1-3-8-17/h1-12H,13H2,(H,27,29)/b18-10-. The molecule has 1 aliphatic rings. The highest BCUT2D eigenvalue weighted by molar-refractivity contribution is 9.11. The molecule has 0 bridgehead atoms. The summed E-state index contributed by atoms with van der Waals surface area (Å²) >= 11 is 6.92. The summed E-state index contributed by atoms with van der Waals surface area (Å²) in [7, 11) is 0. The molecule has 8 heteroatoms. The van der Waals surface area contributed by atoms with Crippen molar-refractivity contribution in [3.05, 3.63) is 98.2 Å². The predicted molar refractivity (Wildman–Crippen MR) is 123 cm³/mol. The Morgan fingerprint density at radius 2 is 1.68 bits per heavy atom. The van der Waals surface area contributed by atoms with E-state index in [0.717, 1.165) is 0 Å². The van der Waals surface area contributed by atoms with Gasteiger partial charge in [0.1, 0.15) is 23.7 Å². The van der Waals surface area contributed by atoms with Crippen LogP contribution in [0.3, 0.4) is 0 Å². The van der Waals surface area contributed by atoms with Crippen molar-refractivity contribution in [2.24, 2.45) is 0 Å². The number of halogens is 3. The zero-order valence-electron chi connectivity index (χ0n) is 15.9. The second-order valence-corrected chi connectivity index (χ2v) is 8.42. The van der Waals surface area contributed by atoms with Crippen LogP contribution in [-0.2, 0) is 16.2 Å². The summed E-state index contributed by atoms with van der Waals surface area (Å²) in [5.41, 5.74) is 4.50. The lowest BCUT2D eigenvalue weighted by atomic mass is 10.1. The van der Waals surface area contributed by atoms with Gasteiger partial charge in [-0.3, -0.25) is 15.0 Å². The largest absolute Gasteiger partial charge is 0.487 e. The summed E-state index contributed by atoms with van der Waals surface area (Å²) in [5, 5.41) is 1.22. The number of anilines is 1. The second-order valence-electron chi connectivity index (χ2n) is 6.71. The summed E-state index contributed by atoms with van der Waals surface area (Å²) in [4.78, 5) is 25.1. The number of benzene rings is 3. The molecule has 1 heterocycles. The highest BCUT2D eigenvalue weighted by Crippen LogP contribution is 2.36. The molecule has 0 saturated carbocycles. The number of nitrogens with one attached hydrogen (secondary N) is 1. The molecular formula is C23H15Br2FN2O3. The monoisotopic (exact) mass is 544 g/mol. The van der Waals surface area contributed by atoms with Gasteiger partial charge in [0, 0.05) is 0 Å². The van der Waals surface area contributed by atoms with Crippen molar-refractivity contribution in [1.29, 1.82) is 0 Å². The molecular weight excluding hydrogens is 531 g/mol. The number of carbonyl (C=O) groups excluding carboxylic acids is 2. The summed E-state index contributed by atoms with van der Waals surface area (Å²) in [6, 6.07) is 18.5. The predicted octanol–water partition coefficient (Wildman–Crippen LogP) is 5.39. The van der Waals surface area contributed by atoms with Crippen molar-refractivity contribution in [2.75, 3.05) is 5.01 Å². The number of ether oxygens (including phenoxy) is 1. The maximum Gasteiger partial charge on any atom is 0.282 e. The average molecular weight is 546 g/mol. The van der Waals surface area contributed by atoms with Crippen molar-refractivity contribution < 1.29 is 18.7 Å². The topological polar surface area (TPSA) is 58.6 Å². The fraction of sp³-hybridized carbons (Fsp3) is 0.0435. The lowest BCUT2D eigenvalue weighted by molar-refractivity contribution is -0.117. The van der Waals surface area contributed by atoms with Gasteiger partial charge in [-0.25, -0.2) is 9.40 Å². The van der Waals surface area contributed by atoms with Gasteiger partial charge >= 0.3 is 0 Å². The smallest absolute Gasteiger partial charge is 0.282 e. The Balaban J connectivity index is 1.56. The number of amides is 2. The van der Waals surface area contributed by atoms with Crippen LogP contribution in [0.4, 0.5) is 10.1 Å². The fourth-order valence-corrected chi connectivity index (χ4v) is 4.52. The zero-order chi connectivity index (χ0) is 22.0. The van der Waals surface area contributed by atoms with Gasteiger partial charge in [-0.15, -0.1) is 0 Å². The number of hydrogen-bond donors (Lipinski definition) is 1. The molecule has 1 aliphatic heterocycles. The Morgan fingerprint density at radius 3 is 2.35 bits per heavy atom. The van der Waals surface area contributed by atoms with Gasteiger partial charge in [0.25, 0.3) is 11.8 Å². The van der Waals surface area contributed by atoms with E-state index in [9.17, 15) is 14.0 Å². The highest BCUT2D eigenvalue weighted by Gasteiger charge is 2.34. The van der Waals surface area contributed by atoms with Gasteiger partial charge < -0.3 is 4.74 Å². The minimum absolute atomic E-state index is 0.0242. The minimum atomic E-state index is -0.479. The van der Waals surface area contributed by atoms with Crippen LogP contribution in [0.25, 0.3) is 6.08 Å². The number of carbonyl (C=O) groups is 2. The van der Waals surface area contributed by atoms with Crippen LogP contribution in [0.2, 0.25) is 0 Å². The first kappa shape index (κ1) is 21.3. The number of nitrogens with zero attached hydrogens (tertiary/aromatic N) is 1.